The van der Waals surface area contributed by atoms with Gasteiger partial charge in [0.25, 0.3) is 5.91 Å². The Morgan fingerprint density at radius 3 is 2.53 bits per heavy atom. The number of rotatable bonds is 11. The van der Waals surface area contributed by atoms with Gasteiger partial charge in [0.15, 0.2) is 0 Å². The molecule has 1 aliphatic carbocycles. The molecule has 0 spiro atoms. The van der Waals surface area contributed by atoms with Crippen molar-refractivity contribution < 1.29 is 23.1 Å². The number of fused-ring (bicyclic) bond motifs is 1. The first-order valence-corrected chi connectivity index (χ1v) is 14.1. The number of aliphatic carboxylic acids is 1. The maximum Gasteiger partial charge on any atom is 0.303 e. The van der Waals surface area contributed by atoms with Crippen LogP contribution in [0.2, 0.25) is 5.02 Å². The molecular weight excluding hydrogens is 526 g/mol. The lowest BCUT2D eigenvalue weighted by Gasteiger charge is -2.29. The fraction of sp³-hybridized carbons (Fsp3) is 0.417. The number of amides is 1. The molecule has 0 radical (unpaired) electrons. The van der Waals surface area contributed by atoms with E-state index >= 15 is 0 Å². The number of benzene rings is 2. The molecule has 2 aromatic rings. The SMILES string of the molecule is CC(C)CN(SN=O)C(=O)c1ccc2c(c1CCC(=O)O)CCC(NS(=O)(=O)c1ccc(Cl)cc1)C2. The van der Waals surface area contributed by atoms with E-state index in [9.17, 15) is 28.0 Å². The Morgan fingerprint density at radius 1 is 1.22 bits per heavy atom. The van der Waals surface area contributed by atoms with E-state index in [4.69, 9.17) is 11.6 Å². The van der Waals surface area contributed by atoms with Crippen LogP contribution >= 0.6 is 23.7 Å². The molecule has 3 rings (SSSR count). The van der Waals surface area contributed by atoms with Crippen molar-refractivity contribution in [2.45, 2.75) is 56.9 Å². The summed E-state index contributed by atoms with van der Waals surface area (Å²) in [5.41, 5.74) is 2.68. The molecule has 2 aromatic carbocycles. The lowest BCUT2D eigenvalue weighted by atomic mass is 9.82. The van der Waals surface area contributed by atoms with Crippen molar-refractivity contribution in [1.82, 2.24) is 9.03 Å². The van der Waals surface area contributed by atoms with Gasteiger partial charge in [0.2, 0.25) is 10.0 Å². The maximum atomic E-state index is 13.3. The van der Waals surface area contributed by atoms with Crippen molar-refractivity contribution in [1.29, 1.82) is 0 Å². The van der Waals surface area contributed by atoms with Crippen LogP contribution in [0.1, 0.15) is 53.7 Å². The second-order valence-electron chi connectivity index (χ2n) is 9.05. The molecule has 0 bridgehead atoms. The lowest BCUT2D eigenvalue weighted by Crippen LogP contribution is -2.39. The highest BCUT2D eigenvalue weighted by Crippen LogP contribution is 2.31. The Labute approximate surface area is 219 Å². The highest BCUT2D eigenvalue weighted by Gasteiger charge is 2.29. The first-order chi connectivity index (χ1) is 17.0. The Morgan fingerprint density at radius 2 is 1.92 bits per heavy atom. The molecule has 0 heterocycles. The second-order valence-corrected chi connectivity index (χ2v) is 12.0. The van der Waals surface area contributed by atoms with Gasteiger partial charge in [0.05, 0.1) is 4.90 Å². The first-order valence-electron chi connectivity index (χ1n) is 11.5. The molecule has 36 heavy (non-hydrogen) atoms. The number of carbonyl (C=O) groups is 2. The number of carboxylic acids is 1. The summed E-state index contributed by atoms with van der Waals surface area (Å²) < 4.78 is 32.5. The number of nitrogens with one attached hydrogen (secondary N) is 1. The minimum Gasteiger partial charge on any atom is -0.481 e. The van der Waals surface area contributed by atoms with Crippen LogP contribution < -0.4 is 4.72 Å². The van der Waals surface area contributed by atoms with Crippen LogP contribution in [0.5, 0.6) is 0 Å². The minimum absolute atomic E-state index is 0.0951. The van der Waals surface area contributed by atoms with Gasteiger partial charge in [0, 0.05) is 34.2 Å². The van der Waals surface area contributed by atoms with Crippen molar-refractivity contribution in [3.8, 4) is 0 Å². The van der Waals surface area contributed by atoms with E-state index in [1.807, 2.05) is 13.8 Å². The number of carboxylic acid groups (broad SMARTS) is 1. The molecule has 0 aromatic heterocycles. The van der Waals surface area contributed by atoms with Gasteiger partial charge in [0.1, 0.15) is 12.1 Å². The molecule has 0 aliphatic heterocycles. The monoisotopic (exact) mass is 553 g/mol. The molecular formula is C24H28ClN3O6S2. The zero-order valence-corrected chi connectivity index (χ0v) is 22.3. The average molecular weight is 554 g/mol. The van der Waals surface area contributed by atoms with Gasteiger partial charge in [-0.1, -0.05) is 31.5 Å². The summed E-state index contributed by atoms with van der Waals surface area (Å²) in [5, 5.41) is 9.71. The van der Waals surface area contributed by atoms with Crippen molar-refractivity contribution in [3.05, 3.63) is 68.6 Å². The topological polar surface area (TPSA) is 133 Å². The summed E-state index contributed by atoms with van der Waals surface area (Å²) in [7, 11) is -3.75. The quantitative estimate of drug-likeness (QED) is 0.306. The molecule has 0 fully saturated rings. The molecule has 1 amide bonds. The van der Waals surface area contributed by atoms with Gasteiger partial charge >= 0.3 is 5.97 Å². The second kappa shape index (κ2) is 12.2. The van der Waals surface area contributed by atoms with Gasteiger partial charge in [-0.2, -0.15) is 0 Å². The minimum atomic E-state index is -3.75. The fourth-order valence-corrected chi connectivity index (χ4v) is 6.32. The lowest BCUT2D eigenvalue weighted by molar-refractivity contribution is -0.136. The predicted molar refractivity (Wildman–Crippen MR) is 139 cm³/mol. The molecule has 12 heteroatoms. The van der Waals surface area contributed by atoms with Crippen LogP contribution in [0.3, 0.4) is 0 Å². The maximum absolute atomic E-state index is 13.3. The molecule has 0 saturated carbocycles. The van der Waals surface area contributed by atoms with Crippen LogP contribution in [0.15, 0.2) is 45.9 Å². The Bertz CT molecular complexity index is 1240. The first kappa shape index (κ1) is 28.1. The number of hydrogen-bond donors (Lipinski definition) is 2. The van der Waals surface area contributed by atoms with Gasteiger partial charge in [-0.05, 0) is 78.6 Å². The van der Waals surface area contributed by atoms with Crippen molar-refractivity contribution in [3.63, 3.8) is 0 Å². The van der Waals surface area contributed by atoms with Gasteiger partial charge in [-0.3, -0.25) is 13.9 Å². The number of carbonyl (C=O) groups excluding carboxylic acids is 1. The van der Waals surface area contributed by atoms with E-state index in [1.54, 1.807) is 12.1 Å². The Hall–Kier alpha value is -2.47. The summed E-state index contributed by atoms with van der Waals surface area (Å²) in [6, 6.07) is 8.96. The highest BCUT2D eigenvalue weighted by molar-refractivity contribution is 7.96. The molecule has 1 unspecified atom stereocenters. The van der Waals surface area contributed by atoms with E-state index in [1.165, 1.54) is 28.6 Å². The summed E-state index contributed by atoms with van der Waals surface area (Å²) in [4.78, 5) is 35.7. The van der Waals surface area contributed by atoms with Crippen molar-refractivity contribution in [2.75, 3.05) is 6.54 Å². The van der Waals surface area contributed by atoms with Crippen molar-refractivity contribution >= 4 is 45.6 Å². The largest absolute Gasteiger partial charge is 0.481 e. The summed E-state index contributed by atoms with van der Waals surface area (Å²) >= 11 is 6.40. The van der Waals surface area contributed by atoms with E-state index in [0.717, 1.165) is 11.1 Å². The number of halogens is 1. The van der Waals surface area contributed by atoms with Crippen molar-refractivity contribution in [2.24, 2.45) is 10.5 Å². The van der Waals surface area contributed by atoms with E-state index < -0.39 is 21.9 Å². The van der Waals surface area contributed by atoms with Crippen LogP contribution in [0.25, 0.3) is 0 Å². The fourth-order valence-electron chi connectivity index (χ4n) is 4.31. The number of hydrogen-bond acceptors (Lipinski definition) is 7. The number of nitroso groups, excluding NO2 is 1. The van der Waals surface area contributed by atoms with Gasteiger partial charge in [-0.25, -0.2) is 13.1 Å². The highest BCUT2D eigenvalue weighted by atomic mass is 35.5. The smallest absolute Gasteiger partial charge is 0.303 e. The summed E-state index contributed by atoms with van der Waals surface area (Å²) in [5.74, 6) is -1.29. The predicted octanol–water partition coefficient (Wildman–Crippen LogP) is 4.62. The molecule has 194 valence electrons. The summed E-state index contributed by atoms with van der Waals surface area (Å²) in [6.45, 7) is 4.13. The third kappa shape index (κ3) is 7.06. The molecule has 1 aliphatic rings. The molecule has 1 atom stereocenters. The standard InChI is InChI=1S/C24H28ClN3O6S2/c1-15(2)14-28(35-27-32)24(31)22-9-3-16-13-18(6-10-20(16)21(22)11-12-23(29)30)26-36(33,34)19-7-4-17(25)5-8-19/h3-5,7-9,15,18,26H,6,10-14H2,1-2H3,(H,29,30). The van der Waals surface area contributed by atoms with Crippen LogP contribution in [0.4, 0.5) is 0 Å². The van der Waals surface area contributed by atoms with Crippen LogP contribution in [-0.4, -0.2) is 42.3 Å². The van der Waals surface area contributed by atoms with Crippen LogP contribution in [-0.2, 0) is 34.1 Å². The van der Waals surface area contributed by atoms with E-state index in [0.29, 0.717) is 54.1 Å². The summed E-state index contributed by atoms with van der Waals surface area (Å²) in [6.07, 6.45) is 1.35. The third-order valence-corrected chi connectivity index (χ3v) is 8.26. The normalized spacial score (nSPS) is 15.4. The zero-order chi connectivity index (χ0) is 26.5. The number of nitrogens with zero attached hydrogens (tertiary/aromatic N) is 2. The van der Waals surface area contributed by atoms with Gasteiger partial charge < -0.3 is 5.11 Å². The zero-order valence-electron chi connectivity index (χ0n) is 19.9. The Balaban J connectivity index is 1.90. The molecule has 9 nitrogen and oxygen atoms in total. The van der Waals surface area contributed by atoms with Crippen LogP contribution in [0, 0.1) is 10.8 Å². The molecule has 0 saturated heterocycles. The average Bonchev–Trinajstić information content (AvgIpc) is 2.81. The Kier molecular flexibility index (Phi) is 9.51. The van der Waals surface area contributed by atoms with E-state index in [2.05, 4.69) is 9.30 Å². The van der Waals surface area contributed by atoms with Gasteiger partial charge in [-0.15, -0.1) is 4.91 Å². The van der Waals surface area contributed by atoms with E-state index in [-0.39, 0.29) is 29.7 Å². The molecule has 2 N–H and O–H groups in total. The third-order valence-electron chi connectivity index (χ3n) is 5.89. The number of sulfonamides is 1.